The Balaban J connectivity index is 2.49. The van der Waals surface area contributed by atoms with Crippen LogP contribution >= 0.6 is 23.1 Å². The van der Waals surface area contributed by atoms with Gasteiger partial charge in [0.1, 0.15) is 0 Å². The second kappa shape index (κ2) is 8.20. The summed E-state index contributed by atoms with van der Waals surface area (Å²) in [6.07, 6.45) is 2.07. The third kappa shape index (κ3) is 5.13. The van der Waals surface area contributed by atoms with Gasteiger partial charge in [-0.15, -0.1) is 11.3 Å². The number of hydrogen-bond donors (Lipinski definition) is 2. The van der Waals surface area contributed by atoms with Crippen molar-refractivity contribution in [1.82, 2.24) is 5.32 Å². The lowest BCUT2D eigenvalue weighted by molar-refractivity contribution is 0.0949. The molecule has 1 heterocycles. The molecule has 3 nitrogen and oxygen atoms in total. The van der Waals surface area contributed by atoms with Gasteiger partial charge in [0.25, 0.3) is 5.91 Å². The van der Waals surface area contributed by atoms with Crippen molar-refractivity contribution in [2.75, 3.05) is 25.1 Å². The number of thiophene rings is 1. The summed E-state index contributed by atoms with van der Waals surface area (Å²) < 4.78 is 0. The second-order valence-electron chi connectivity index (χ2n) is 3.98. The van der Waals surface area contributed by atoms with Crippen LogP contribution < -0.4 is 11.1 Å². The molecule has 0 aliphatic rings. The third-order valence-electron chi connectivity index (χ3n) is 2.24. The number of carbonyl (C=O) groups is 1. The topological polar surface area (TPSA) is 55.1 Å². The molecular formula is C13H18N2OS2. The lowest BCUT2D eigenvalue weighted by atomic mass is 10.2. The van der Waals surface area contributed by atoms with Gasteiger partial charge in [0.2, 0.25) is 0 Å². The monoisotopic (exact) mass is 282 g/mol. The van der Waals surface area contributed by atoms with Crippen molar-refractivity contribution in [3.63, 3.8) is 0 Å². The number of carbonyl (C=O) groups excluding carboxylic acids is 1. The molecule has 0 saturated carbocycles. The Morgan fingerprint density at radius 2 is 2.44 bits per heavy atom. The molecule has 1 rings (SSSR count). The summed E-state index contributed by atoms with van der Waals surface area (Å²) in [7, 11) is 0. The number of amides is 1. The first-order valence-electron chi connectivity index (χ1n) is 5.72. The Kier molecular flexibility index (Phi) is 6.88. The third-order valence-corrected chi connectivity index (χ3v) is 3.99. The van der Waals surface area contributed by atoms with E-state index in [0.29, 0.717) is 24.6 Å². The van der Waals surface area contributed by atoms with E-state index in [1.54, 1.807) is 11.8 Å². The van der Waals surface area contributed by atoms with Crippen LogP contribution in [0.2, 0.25) is 0 Å². The minimum atomic E-state index is -0.0278. The number of nitrogens with one attached hydrogen (secondary N) is 1. The minimum Gasteiger partial charge on any atom is -0.352 e. The molecule has 5 heteroatoms. The van der Waals surface area contributed by atoms with Crippen LogP contribution in [0.25, 0.3) is 0 Å². The molecule has 0 fully saturated rings. The standard InChI is InChI=1S/C13H18N2OS2/c1-10(8-17-2)7-15-13(16)11-6-12(18-9-11)4-3-5-14/h6,9-10H,5,7-8,14H2,1-2H3,(H,15,16). The van der Waals surface area contributed by atoms with Gasteiger partial charge in [-0.1, -0.05) is 18.8 Å². The Morgan fingerprint density at radius 3 is 3.11 bits per heavy atom. The SMILES string of the molecule is CSCC(C)CNC(=O)c1csc(C#CCN)c1. The zero-order valence-corrected chi connectivity index (χ0v) is 12.3. The van der Waals surface area contributed by atoms with E-state index < -0.39 is 0 Å². The molecule has 3 N–H and O–H groups in total. The van der Waals surface area contributed by atoms with Crippen molar-refractivity contribution in [2.24, 2.45) is 11.7 Å². The molecule has 1 aromatic rings. The van der Waals surface area contributed by atoms with Gasteiger partial charge in [-0.2, -0.15) is 11.8 Å². The highest BCUT2D eigenvalue weighted by atomic mass is 32.2. The zero-order chi connectivity index (χ0) is 13.4. The molecule has 0 aliphatic carbocycles. The first-order chi connectivity index (χ1) is 8.67. The van der Waals surface area contributed by atoms with Crippen molar-refractivity contribution < 1.29 is 4.79 Å². The normalized spacial score (nSPS) is 11.5. The highest BCUT2D eigenvalue weighted by Crippen LogP contribution is 2.13. The van der Waals surface area contributed by atoms with Crippen molar-refractivity contribution in [3.05, 3.63) is 21.9 Å². The van der Waals surface area contributed by atoms with Gasteiger partial charge < -0.3 is 11.1 Å². The van der Waals surface area contributed by atoms with Crippen LogP contribution in [0.1, 0.15) is 22.2 Å². The predicted molar refractivity (Wildman–Crippen MR) is 80.1 cm³/mol. The predicted octanol–water partition coefficient (Wildman–Crippen LogP) is 1.79. The van der Waals surface area contributed by atoms with E-state index in [0.717, 1.165) is 10.6 Å². The van der Waals surface area contributed by atoms with Crippen molar-refractivity contribution in [3.8, 4) is 11.8 Å². The molecule has 18 heavy (non-hydrogen) atoms. The van der Waals surface area contributed by atoms with Crippen LogP contribution in [-0.4, -0.2) is 31.0 Å². The Labute approximate surface area is 117 Å². The maximum absolute atomic E-state index is 11.9. The van der Waals surface area contributed by atoms with E-state index in [9.17, 15) is 4.79 Å². The molecule has 0 aliphatic heterocycles. The summed E-state index contributed by atoms with van der Waals surface area (Å²) >= 11 is 3.26. The van der Waals surface area contributed by atoms with Crippen LogP contribution in [-0.2, 0) is 0 Å². The zero-order valence-electron chi connectivity index (χ0n) is 10.7. The fourth-order valence-electron chi connectivity index (χ4n) is 1.37. The summed E-state index contributed by atoms with van der Waals surface area (Å²) in [5.41, 5.74) is 5.98. The van der Waals surface area contributed by atoms with Crippen molar-refractivity contribution in [1.29, 1.82) is 0 Å². The maximum atomic E-state index is 11.9. The van der Waals surface area contributed by atoms with Gasteiger partial charge in [0.15, 0.2) is 0 Å². The van der Waals surface area contributed by atoms with Gasteiger partial charge in [-0.3, -0.25) is 4.79 Å². The largest absolute Gasteiger partial charge is 0.352 e. The highest BCUT2D eigenvalue weighted by molar-refractivity contribution is 7.98. The molecule has 0 radical (unpaired) electrons. The minimum absolute atomic E-state index is 0.0278. The summed E-state index contributed by atoms with van der Waals surface area (Å²) in [6, 6.07) is 1.81. The van der Waals surface area contributed by atoms with Gasteiger partial charge in [0.05, 0.1) is 17.0 Å². The summed E-state index contributed by atoms with van der Waals surface area (Å²) in [5.74, 6) is 7.21. The molecular weight excluding hydrogens is 264 g/mol. The van der Waals surface area contributed by atoms with Gasteiger partial charge in [-0.25, -0.2) is 0 Å². The van der Waals surface area contributed by atoms with Crippen LogP contribution in [0.15, 0.2) is 11.4 Å². The van der Waals surface area contributed by atoms with Crippen molar-refractivity contribution >= 4 is 29.0 Å². The Bertz CT molecular complexity index is 445. The van der Waals surface area contributed by atoms with E-state index >= 15 is 0 Å². The van der Waals surface area contributed by atoms with Crippen LogP contribution in [0.4, 0.5) is 0 Å². The Hall–Kier alpha value is -0.960. The smallest absolute Gasteiger partial charge is 0.252 e. The molecule has 98 valence electrons. The summed E-state index contributed by atoms with van der Waals surface area (Å²) in [6.45, 7) is 3.17. The fraction of sp³-hybridized carbons (Fsp3) is 0.462. The fourth-order valence-corrected chi connectivity index (χ4v) is 2.81. The van der Waals surface area contributed by atoms with Gasteiger partial charge in [-0.05, 0) is 24.0 Å². The maximum Gasteiger partial charge on any atom is 0.252 e. The molecule has 1 aromatic heterocycles. The lowest BCUT2D eigenvalue weighted by Gasteiger charge is -2.10. The molecule has 0 spiro atoms. The number of thioether (sulfide) groups is 1. The average Bonchev–Trinajstić information content (AvgIpc) is 2.82. The molecule has 1 unspecified atom stereocenters. The second-order valence-corrected chi connectivity index (χ2v) is 5.80. The molecule has 0 saturated heterocycles. The van der Waals surface area contributed by atoms with Gasteiger partial charge >= 0.3 is 0 Å². The van der Waals surface area contributed by atoms with E-state index in [2.05, 4.69) is 30.3 Å². The first kappa shape index (κ1) is 15.1. The van der Waals surface area contributed by atoms with E-state index in [1.807, 2.05) is 11.4 Å². The summed E-state index contributed by atoms with van der Waals surface area (Å²) in [5, 5.41) is 4.76. The lowest BCUT2D eigenvalue weighted by Crippen LogP contribution is -2.28. The number of rotatable bonds is 5. The van der Waals surface area contributed by atoms with E-state index in [4.69, 9.17) is 5.73 Å². The molecule has 1 atom stereocenters. The molecule has 0 aromatic carbocycles. The van der Waals surface area contributed by atoms with Crippen LogP contribution in [0.5, 0.6) is 0 Å². The molecule has 1 amide bonds. The Morgan fingerprint density at radius 1 is 1.67 bits per heavy atom. The van der Waals surface area contributed by atoms with E-state index in [-0.39, 0.29) is 5.91 Å². The van der Waals surface area contributed by atoms with Gasteiger partial charge in [0, 0.05) is 11.9 Å². The van der Waals surface area contributed by atoms with Crippen molar-refractivity contribution in [2.45, 2.75) is 6.92 Å². The van der Waals surface area contributed by atoms with Crippen LogP contribution in [0, 0.1) is 17.8 Å². The average molecular weight is 282 g/mol. The number of hydrogen-bond acceptors (Lipinski definition) is 4. The molecule has 0 bridgehead atoms. The quantitative estimate of drug-likeness (QED) is 0.810. The van der Waals surface area contributed by atoms with Crippen LogP contribution in [0.3, 0.4) is 0 Å². The highest BCUT2D eigenvalue weighted by Gasteiger charge is 2.09. The number of nitrogens with two attached hydrogens (primary N) is 1. The first-order valence-corrected chi connectivity index (χ1v) is 7.99. The summed E-state index contributed by atoms with van der Waals surface area (Å²) in [4.78, 5) is 12.7. The van der Waals surface area contributed by atoms with E-state index in [1.165, 1.54) is 11.3 Å².